The summed E-state index contributed by atoms with van der Waals surface area (Å²) in [5.74, 6) is -0.267. The van der Waals surface area contributed by atoms with E-state index in [9.17, 15) is 14.9 Å². The van der Waals surface area contributed by atoms with Gasteiger partial charge in [-0.15, -0.1) is 0 Å². The fourth-order valence-electron chi connectivity index (χ4n) is 2.26. The third kappa shape index (κ3) is 4.76. The van der Waals surface area contributed by atoms with Crippen LogP contribution in [0.15, 0.2) is 12.3 Å². The van der Waals surface area contributed by atoms with E-state index in [0.717, 1.165) is 0 Å². The maximum atomic E-state index is 12.4. The first-order valence-corrected chi connectivity index (χ1v) is 7.38. The van der Waals surface area contributed by atoms with Crippen LogP contribution in [0.4, 0.5) is 4.79 Å². The molecule has 22 heavy (non-hydrogen) atoms. The highest BCUT2D eigenvalue weighted by atomic mass is 16.6. The predicted molar refractivity (Wildman–Crippen MR) is 82.9 cm³/mol. The number of piperidine rings is 1. The Morgan fingerprint density at radius 2 is 2.00 bits per heavy atom. The molecule has 1 fully saturated rings. The smallest absolute Gasteiger partial charge is 0.410 e. The van der Waals surface area contributed by atoms with Gasteiger partial charge in [0.05, 0.1) is 12.6 Å². The number of carbonyl (C=O) groups excluding carboxylic acids is 2. The van der Waals surface area contributed by atoms with E-state index in [1.165, 1.54) is 11.0 Å². The Kier molecular flexibility index (Phi) is 5.59. The number of ether oxygens (including phenoxy) is 1. The Balaban J connectivity index is 2.88. The standard InChI is InChI=1S/C16H25N3O3/c1-15(2,3)22-14(21)19-9-6-8-16(11-17,12-19)13(20)7-10-18(4)5/h7,10H,6,8-9,12H2,1-5H3. The fraction of sp³-hybridized carbons (Fsp3) is 0.688. The topological polar surface area (TPSA) is 73.6 Å². The molecule has 0 spiro atoms. The minimum absolute atomic E-state index is 0.0784. The van der Waals surface area contributed by atoms with E-state index >= 15 is 0 Å². The van der Waals surface area contributed by atoms with Gasteiger partial charge in [-0.25, -0.2) is 4.79 Å². The summed E-state index contributed by atoms with van der Waals surface area (Å²) in [5, 5.41) is 9.51. The third-order valence-corrected chi connectivity index (χ3v) is 3.35. The van der Waals surface area contributed by atoms with E-state index in [1.807, 2.05) is 0 Å². The highest BCUT2D eigenvalue weighted by Gasteiger charge is 2.43. The van der Waals surface area contributed by atoms with Crippen molar-refractivity contribution in [1.82, 2.24) is 9.80 Å². The molecule has 0 aromatic heterocycles. The van der Waals surface area contributed by atoms with Crippen molar-refractivity contribution in [2.75, 3.05) is 27.2 Å². The Morgan fingerprint density at radius 3 is 2.50 bits per heavy atom. The number of nitrogens with zero attached hydrogens (tertiary/aromatic N) is 3. The van der Waals surface area contributed by atoms with Gasteiger partial charge >= 0.3 is 6.09 Å². The minimum Gasteiger partial charge on any atom is -0.444 e. The molecular weight excluding hydrogens is 282 g/mol. The Morgan fingerprint density at radius 1 is 1.36 bits per heavy atom. The van der Waals surface area contributed by atoms with Gasteiger partial charge in [-0.05, 0) is 39.7 Å². The van der Waals surface area contributed by atoms with Crippen LogP contribution in [0.3, 0.4) is 0 Å². The number of ketones is 1. The molecule has 1 saturated heterocycles. The summed E-state index contributed by atoms with van der Waals surface area (Å²) in [6.07, 6.45) is 3.61. The van der Waals surface area contributed by atoms with E-state index in [0.29, 0.717) is 19.4 Å². The van der Waals surface area contributed by atoms with Crippen molar-refractivity contribution in [2.45, 2.75) is 39.2 Å². The summed E-state index contributed by atoms with van der Waals surface area (Å²) in [6.45, 7) is 5.95. The molecule has 0 saturated carbocycles. The zero-order valence-electron chi connectivity index (χ0n) is 14.0. The van der Waals surface area contributed by atoms with Gasteiger partial charge in [-0.3, -0.25) is 4.79 Å². The number of hydrogen-bond acceptors (Lipinski definition) is 5. The highest BCUT2D eigenvalue weighted by Crippen LogP contribution is 2.31. The van der Waals surface area contributed by atoms with Crippen LogP contribution in [0.25, 0.3) is 0 Å². The van der Waals surface area contributed by atoms with Gasteiger partial charge in [0.25, 0.3) is 0 Å². The van der Waals surface area contributed by atoms with Crippen LogP contribution in [-0.4, -0.2) is 54.5 Å². The molecule has 0 radical (unpaired) electrons. The largest absolute Gasteiger partial charge is 0.444 e. The van der Waals surface area contributed by atoms with Crippen LogP contribution in [0.2, 0.25) is 0 Å². The van der Waals surface area contributed by atoms with Crippen LogP contribution in [-0.2, 0) is 9.53 Å². The van der Waals surface area contributed by atoms with Crippen LogP contribution in [0.1, 0.15) is 33.6 Å². The third-order valence-electron chi connectivity index (χ3n) is 3.35. The maximum Gasteiger partial charge on any atom is 0.410 e. The van der Waals surface area contributed by atoms with Crippen molar-refractivity contribution in [1.29, 1.82) is 5.26 Å². The van der Waals surface area contributed by atoms with Gasteiger partial charge < -0.3 is 14.5 Å². The Labute approximate surface area is 132 Å². The van der Waals surface area contributed by atoms with Gasteiger partial charge in [0.15, 0.2) is 5.78 Å². The van der Waals surface area contributed by atoms with Gasteiger partial charge in [0, 0.05) is 26.8 Å². The van der Waals surface area contributed by atoms with Crippen molar-refractivity contribution in [3.8, 4) is 6.07 Å². The second-order valence-electron chi connectivity index (χ2n) is 6.84. The lowest BCUT2D eigenvalue weighted by molar-refractivity contribution is -0.123. The molecule has 0 aromatic rings. The lowest BCUT2D eigenvalue weighted by Gasteiger charge is -2.37. The molecule has 1 aliphatic heterocycles. The zero-order chi connectivity index (χ0) is 17.0. The average molecular weight is 307 g/mol. The molecule has 1 heterocycles. The molecule has 1 amide bonds. The lowest BCUT2D eigenvalue weighted by Crippen LogP contribution is -2.50. The first kappa shape index (κ1) is 18.0. The van der Waals surface area contributed by atoms with Crippen LogP contribution in [0.5, 0.6) is 0 Å². The number of nitriles is 1. The van der Waals surface area contributed by atoms with Crippen molar-refractivity contribution >= 4 is 11.9 Å². The van der Waals surface area contributed by atoms with Crippen molar-refractivity contribution < 1.29 is 14.3 Å². The molecule has 0 aliphatic carbocycles. The van der Waals surface area contributed by atoms with Crippen LogP contribution in [0, 0.1) is 16.7 Å². The Hall–Kier alpha value is -2.03. The van der Waals surface area contributed by atoms with Gasteiger partial charge in [0.1, 0.15) is 11.0 Å². The van der Waals surface area contributed by atoms with Crippen LogP contribution < -0.4 is 0 Å². The number of allylic oxidation sites excluding steroid dienone is 1. The van der Waals surface area contributed by atoms with E-state index in [4.69, 9.17) is 4.74 Å². The van der Waals surface area contributed by atoms with Crippen molar-refractivity contribution in [2.24, 2.45) is 5.41 Å². The minimum atomic E-state index is -1.18. The molecule has 6 nitrogen and oxygen atoms in total. The van der Waals surface area contributed by atoms with E-state index in [-0.39, 0.29) is 12.3 Å². The van der Waals surface area contributed by atoms with Gasteiger partial charge in [0.2, 0.25) is 0 Å². The second kappa shape index (κ2) is 6.82. The second-order valence-corrected chi connectivity index (χ2v) is 6.84. The van der Waals surface area contributed by atoms with Gasteiger partial charge in [-0.1, -0.05) is 0 Å². The first-order valence-electron chi connectivity index (χ1n) is 7.38. The SMILES string of the molecule is CN(C)C=CC(=O)C1(C#N)CCCN(C(=O)OC(C)(C)C)C1. The number of hydrogen-bond donors (Lipinski definition) is 0. The van der Waals surface area contributed by atoms with E-state index in [1.54, 1.807) is 46.0 Å². The molecule has 0 bridgehead atoms. The van der Waals surface area contributed by atoms with E-state index < -0.39 is 17.1 Å². The zero-order valence-corrected chi connectivity index (χ0v) is 14.0. The molecule has 6 heteroatoms. The molecule has 1 unspecified atom stereocenters. The van der Waals surface area contributed by atoms with Crippen LogP contribution >= 0.6 is 0 Å². The molecule has 0 N–H and O–H groups in total. The lowest BCUT2D eigenvalue weighted by atomic mass is 9.77. The average Bonchev–Trinajstić information content (AvgIpc) is 2.42. The van der Waals surface area contributed by atoms with Gasteiger partial charge in [-0.2, -0.15) is 5.26 Å². The quantitative estimate of drug-likeness (QED) is 0.747. The summed E-state index contributed by atoms with van der Waals surface area (Å²) < 4.78 is 5.33. The number of likely N-dealkylation sites (tertiary alicyclic amines) is 1. The molecule has 1 rings (SSSR count). The summed E-state index contributed by atoms with van der Waals surface area (Å²) in [6, 6.07) is 2.12. The number of amides is 1. The molecule has 0 aromatic carbocycles. The predicted octanol–water partition coefficient (Wildman–Crippen LogP) is 2.17. The molecule has 122 valence electrons. The first-order chi connectivity index (χ1) is 10.1. The Bertz CT molecular complexity index is 500. The summed E-state index contributed by atoms with van der Waals surface area (Å²) >= 11 is 0. The number of rotatable bonds is 3. The highest BCUT2D eigenvalue weighted by molar-refractivity contribution is 5.97. The van der Waals surface area contributed by atoms with E-state index in [2.05, 4.69) is 6.07 Å². The number of carbonyl (C=O) groups is 2. The monoisotopic (exact) mass is 307 g/mol. The summed E-state index contributed by atoms with van der Waals surface area (Å²) in [7, 11) is 3.60. The molecular formula is C16H25N3O3. The van der Waals surface area contributed by atoms with Crippen molar-refractivity contribution in [3.05, 3.63) is 12.3 Å². The maximum absolute atomic E-state index is 12.4. The summed E-state index contributed by atoms with van der Waals surface area (Å²) in [5.41, 5.74) is -1.78. The molecule has 1 atom stereocenters. The van der Waals surface area contributed by atoms with Crippen molar-refractivity contribution in [3.63, 3.8) is 0 Å². The molecule has 1 aliphatic rings. The fourth-order valence-corrected chi connectivity index (χ4v) is 2.26. The summed E-state index contributed by atoms with van der Waals surface area (Å²) in [4.78, 5) is 27.7. The normalized spacial score (nSPS) is 22.3.